The molecule has 0 atom stereocenters. The Balaban J connectivity index is 1.26. The molecule has 1 aliphatic heterocycles. The Morgan fingerprint density at radius 3 is 2.54 bits per heavy atom. The van der Waals surface area contributed by atoms with E-state index in [1.165, 1.54) is 0 Å². The topological polar surface area (TPSA) is 60.0 Å². The molecule has 6 nitrogen and oxygen atoms in total. The van der Waals surface area contributed by atoms with Crippen LogP contribution < -0.4 is 10.6 Å². The van der Waals surface area contributed by atoms with Crippen LogP contribution in [0, 0.1) is 5.82 Å². The van der Waals surface area contributed by atoms with E-state index >= 15 is 0 Å². The number of hydrogen-bond donors (Lipinski definition) is 2. The van der Waals surface area contributed by atoms with Crippen LogP contribution in [0.25, 0.3) is 0 Å². The number of carbonyl (C=O) groups is 1. The maximum absolute atomic E-state index is 14.2. The predicted octanol–water partition coefficient (Wildman–Crippen LogP) is 1.33. The van der Waals surface area contributed by atoms with Crippen molar-refractivity contribution in [2.45, 2.75) is 37.1 Å². The lowest BCUT2D eigenvalue weighted by Gasteiger charge is -2.36. The van der Waals surface area contributed by atoms with Gasteiger partial charge in [0.1, 0.15) is 5.82 Å². The Labute approximate surface area is 166 Å². The normalized spacial score (nSPS) is 22.1. The molecule has 2 saturated carbocycles. The summed E-state index contributed by atoms with van der Waals surface area (Å²) in [6.45, 7) is 4.54. The molecule has 3 aliphatic rings. The number of nitrogens with one attached hydrogen (secondary N) is 2. The third-order valence-corrected chi connectivity index (χ3v) is 6.08. The van der Waals surface area contributed by atoms with Crippen LogP contribution in [0.3, 0.4) is 0 Å². The zero-order valence-electron chi connectivity index (χ0n) is 16.6. The molecule has 1 amide bonds. The maximum atomic E-state index is 14.2. The second-order valence-electron chi connectivity index (χ2n) is 8.27. The van der Waals surface area contributed by atoms with Crippen molar-refractivity contribution in [3.8, 4) is 0 Å². The summed E-state index contributed by atoms with van der Waals surface area (Å²) in [7, 11) is 1.79. The minimum Gasteiger partial charge on any atom is -0.355 e. The molecule has 1 aromatic rings. The number of carbonyl (C=O) groups excluding carboxylic acids is 1. The molecule has 28 heavy (non-hydrogen) atoms. The lowest BCUT2D eigenvalue weighted by Crippen LogP contribution is -2.54. The Morgan fingerprint density at radius 1 is 1.21 bits per heavy atom. The van der Waals surface area contributed by atoms with Crippen LogP contribution in [0.1, 0.15) is 31.2 Å². The highest BCUT2D eigenvalue weighted by atomic mass is 19.1. The van der Waals surface area contributed by atoms with Crippen molar-refractivity contribution in [3.63, 3.8) is 0 Å². The van der Waals surface area contributed by atoms with E-state index in [0.717, 1.165) is 63.4 Å². The lowest BCUT2D eigenvalue weighted by molar-refractivity contribution is -0.122. The molecular weight excluding hydrogens is 357 g/mol. The number of benzene rings is 1. The highest BCUT2D eigenvalue weighted by Gasteiger charge is 2.46. The third-order valence-electron chi connectivity index (χ3n) is 6.08. The van der Waals surface area contributed by atoms with Crippen LogP contribution in [0.2, 0.25) is 0 Å². The molecule has 0 radical (unpaired) electrons. The van der Waals surface area contributed by atoms with Crippen molar-refractivity contribution in [3.05, 3.63) is 35.6 Å². The number of halogens is 1. The van der Waals surface area contributed by atoms with Gasteiger partial charge in [0.25, 0.3) is 0 Å². The van der Waals surface area contributed by atoms with Crippen LogP contribution in [0.4, 0.5) is 4.39 Å². The van der Waals surface area contributed by atoms with Crippen LogP contribution >= 0.6 is 0 Å². The Morgan fingerprint density at radius 2 is 1.93 bits per heavy atom. The van der Waals surface area contributed by atoms with Gasteiger partial charge in [-0.15, -0.1) is 0 Å². The highest BCUT2D eigenvalue weighted by Crippen LogP contribution is 2.48. The van der Waals surface area contributed by atoms with E-state index in [4.69, 9.17) is 0 Å². The molecular formula is C21H30FN5O. The zero-order chi connectivity index (χ0) is 19.6. The number of amides is 1. The van der Waals surface area contributed by atoms with Crippen LogP contribution in [0.15, 0.2) is 29.3 Å². The first-order valence-corrected chi connectivity index (χ1v) is 10.3. The monoisotopic (exact) mass is 387 g/mol. The summed E-state index contributed by atoms with van der Waals surface area (Å²) in [4.78, 5) is 20.8. The summed E-state index contributed by atoms with van der Waals surface area (Å²) in [5, 5.41) is 6.52. The summed E-state index contributed by atoms with van der Waals surface area (Å²) < 4.78 is 14.2. The average Bonchev–Trinajstić information content (AvgIpc) is 3.61. The molecule has 1 aromatic carbocycles. The number of rotatable bonds is 6. The summed E-state index contributed by atoms with van der Waals surface area (Å²) >= 11 is 0. The van der Waals surface area contributed by atoms with Crippen molar-refractivity contribution in [2.24, 2.45) is 4.99 Å². The molecule has 152 valence electrons. The van der Waals surface area contributed by atoms with Gasteiger partial charge in [-0.3, -0.25) is 14.7 Å². The summed E-state index contributed by atoms with van der Waals surface area (Å²) in [6.07, 6.45) is 4.25. The molecule has 0 unspecified atom stereocenters. The number of guanidine groups is 1. The molecule has 1 heterocycles. The number of hydrogen-bond acceptors (Lipinski definition) is 3. The van der Waals surface area contributed by atoms with Crippen molar-refractivity contribution in [1.29, 1.82) is 0 Å². The smallest absolute Gasteiger partial charge is 0.234 e. The van der Waals surface area contributed by atoms with Gasteiger partial charge in [-0.25, -0.2) is 4.39 Å². The quantitative estimate of drug-likeness (QED) is 0.571. The molecule has 4 rings (SSSR count). The molecule has 7 heteroatoms. The van der Waals surface area contributed by atoms with E-state index in [2.05, 4.69) is 25.4 Å². The van der Waals surface area contributed by atoms with E-state index in [0.29, 0.717) is 19.1 Å². The van der Waals surface area contributed by atoms with Gasteiger partial charge in [0.2, 0.25) is 5.91 Å². The van der Waals surface area contributed by atoms with Gasteiger partial charge in [0.05, 0.1) is 6.54 Å². The van der Waals surface area contributed by atoms with Gasteiger partial charge in [0, 0.05) is 51.2 Å². The third kappa shape index (κ3) is 4.46. The van der Waals surface area contributed by atoms with E-state index in [1.54, 1.807) is 19.2 Å². The SMILES string of the molecule is CN=C(NCC1(c2ccccc2F)CC1)N1CCN(CC(=O)NC2CC2)CC1. The number of nitrogens with zero attached hydrogens (tertiary/aromatic N) is 3. The zero-order valence-corrected chi connectivity index (χ0v) is 16.6. The fourth-order valence-corrected chi connectivity index (χ4v) is 3.99. The second kappa shape index (κ2) is 8.07. The van der Waals surface area contributed by atoms with Gasteiger partial charge in [-0.1, -0.05) is 18.2 Å². The molecule has 0 aromatic heterocycles. The minimum atomic E-state index is -0.116. The van der Waals surface area contributed by atoms with E-state index in [1.807, 2.05) is 12.1 Å². The Kier molecular flexibility index (Phi) is 5.53. The van der Waals surface area contributed by atoms with Crippen LogP contribution in [-0.2, 0) is 10.2 Å². The fraction of sp³-hybridized carbons (Fsp3) is 0.619. The van der Waals surface area contributed by atoms with Gasteiger partial charge in [-0.2, -0.15) is 0 Å². The van der Waals surface area contributed by atoms with E-state index < -0.39 is 0 Å². The van der Waals surface area contributed by atoms with Gasteiger partial charge in [0.15, 0.2) is 5.96 Å². The van der Waals surface area contributed by atoms with Crippen molar-refractivity contribution >= 4 is 11.9 Å². The summed E-state index contributed by atoms with van der Waals surface area (Å²) in [6, 6.07) is 7.51. The predicted molar refractivity (Wildman–Crippen MR) is 108 cm³/mol. The Bertz CT molecular complexity index is 736. The van der Waals surface area contributed by atoms with Crippen LogP contribution in [-0.4, -0.2) is 74.0 Å². The molecule has 1 saturated heterocycles. The first-order valence-electron chi connectivity index (χ1n) is 10.3. The highest BCUT2D eigenvalue weighted by molar-refractivity contribution is 5.80. The van der Waals surface area contributed by atoms with Crippen molar-refractivity contribution in [1.82, 2.24) is 20.4 Å². The first kappa shape index (κ1) is 19.2. The standard InChI is InChI=1S/C21H30FN5O/c1-23-20(24-15-21(8-9-21)17-4-2-3-5-18(17)22)27-12-10-26(11-13-27)14-19(28)25-16-6-7-16/h2-5,16H,6-15H2,1H3,(H,23,24)(H,25,28). The second-order valence-corrected chi connectivity index (χ2v) is 8.27. The number of piperazine rings is 1. The largest absolute Gasteiger partial charge is 0.355 e. The number of aliphatic imine (C=N–C) groups is 1. The van der Waals surface area contributed by atoms with E-state index in [-0.39, 0.29) is 17.1 Å². The minimum absolute atomic E-state index is 0.107. The molecule has 3 fully saturated rings. The fourth-order valence-electron chi connectivity index (χ4n) is 3.99. The lowest BCUT2D eigenvalue weighted by atomic mass is 9.95. The molecule has 0 spiro atoms. The first-order chi connectivity index (χ1) is 13.6. The average molecular weight is 388 g/mol. The van der Waals surface area contributed by atoms with Gasteiger partial charge >= 0.3 is 0 Å². The maximum Gasteiger partial charge on any atom is 0.234 e. The molecule has 2 N–H and O–H groups in total. The molecule has 2 aliphatic carbocycles. The van der Waals surface area contributed by atoms with Gasteiger partial charge in [-0.05, 0) is 37.3 Å². The van der Waals surface area contributed by atoms with Gasteiger partial charge < -0.3 is 15.5 Å². The van der Waals surface area contributed by atoms with Crippen LogP contribution in [0.5, 0.6) is 0 Å². The Hall–Kier alpha value is -2.15. The summed E-state index contributed by atoms with van der Waals surface area (Å²) in [5.74, 6) is 0.888. The van der Waals surface area contributed by atoms with E-state index in [9.17, 15) is 9.18 Å². The van der Waals surface area contributed by atoms with Crippen molar-refractivity contribution in [2.75, 3.05) is 46.3 Å². The molecule has 0 bridgehead atoms. The summed E-state index contributed by atoms with van der Waals surface area (Å²) in [5.41, 5.74) is 0.703. The van der Waals surface area contributed by atoms with Crippen molar-refractivity contribution < 1.29 is 9.18 Å².